The highest BCUT2D eigenvalue weighted by Gasteiger charge is 2.44. The lowest BCUT2D eigenvalue weighted by molar-refractivity contribution is -0.0641. The molecule has 0 aliphatic carbocycles. The molecule has 1 aliphatic rings. The maximum absolute atomic E-state index is 11.6. The largest absolute Gasteiger partial charge is 0.334 e. The minimum Gasteiger partial charge on any atom is -0.334 e. The quantitative estimate of drug-likeness (QED) is 0.631. The first kappa shape index (κ1) is 10.3. The molecule has 1 radical (unpaired) electrons. The summed E-state index contributed by atoms with van der Waals surface area (Å²) in [6.45, 7) is 7.76. The van der Waals surface area contributed by atoms with Crippen molar-refractivity contribution in [3.05, 3.63) is 0 Å². The van der Waals surface area contributed by atoms with Gasteiger partial charge in [0.2, 0.25) is 0 Å². The Morgan fingerprint density at radius 1 is 1.31 bits per heavy atom. The molecule has 0 aromatic heterocycles. The fraction of sp³-hybridized carbons (Fsp3) is 0.889. The van der Waals surface area contributed by atoms with Crippen molar-refractivity contribution in [3.8, 4) is 0 Å². The van der Waals surface area contributed by atoms with Crippen molar-refractivity contribution >= 4 is 6.03 Å². The van der Waals surface area contributed by atoms with Crippen LogP contribution >= 0.6 is 0 Å². The Hall–Kier alpha value is -0.770. The average Bonchev–Trinajstić information content (AvgIpc) is 1.96. The Morgan fingerprint density at radius 2 is 1.85 bits per heavy atom. The molecular formula is C9H17N2O2. The molecule has 4 heteroatoms. The van der Waals surface area contributed by atoms with E-state index in [4.69, 9.17) is 0 Å². The fourth-order valence-electron chi connectivity index (χ4n) is 1.86. The van der Waals surface area contributed by atoms with Gasteiger partial charge in [0.25, 0.3) is 0 Å². The van der Waals surface area contributed by atoms with Crippen LogP contribution in [-0.4, -0.2) is 18.3 Å². The SMILES string of the molecule is CC(C)C1NC(=O)NC([O])C1(C)C. The van der Waals surface area contributed by atoms with Crippen LogP contribution < -0.4 is 10.6 Å². The molecule has 1 rings (SSSR count). The van der Waals surface area contributed by atoms with E-state index in [1.807, 2.05) is 27.7 Å². The second-order valence-corrected chi connectivity index (χ2v) is 4.54. The van der Waals surface area contributed by atoms with E-state index in [0.29, 0.717) is 0 Å². The maximum Gasteiger partial charge on any atom is 0.317 e. The second-order valence-electron chi connectivity index (χ2n) is 4.54. The first-order valence-corrected chi connectivity index (χ1v) is 4.58. The van der Waals surface area contributed by atoms with E-state index in [2.05, 4.69) is 10.6 Å². The number of hydrogen-bond donors (Lipinski definition) is 2. The van der Waals surface area contributed by atoms with Crippen LogP contribution in [0, 0.1) is 11.3 Å². The number of carbonyl (C=O) groups is 1. The first-order chi connectivity index (χ1) is 5.85. The third-order valence-electron chi connectivity index (χ3n) is 2.69. The van der Waals surface area contributed by atoms with Crippen LogP contribution in [0.4, 0.5) is 4.79 Å². The zero-order valence-electron chi connectivity index (χ0n) is 8.55. The van der Waals surface area contributed by atoms with Gasteiger partial charge in [0.05, 0.1) is 0 Å². The number of amides is 2. The number of rotatable bonds is 1. The summed E-state index contributed by atoms with van der Waals surface area (Å²) in [6.07, 6.45) is -1.02. The standard InChI is InChI=1S/C9H17N2O2/c1-5(2)6-9(3,4)7(12)11-8(13)10-6/h5-7H,1-4H3,(H2,10,11,13). The van der Waals surface area contributed by atoms with Gasteiger partial charge in [-0.2, -0.15) is 0 Å². The maximum atomic E-state index is 11.6. The van der Waals surface area contributed by atoms with E-state index < -0.39 is 11.6 Å². The van der Waals surface area contributed by atoms with Crippen LogP contribution in [0.1, 0.15) is 27.7 Å². The number of hydrogen-bond acceptors (Lipinski definition) is 1. The van der Waals surface area contributed by atoms with Gasteiger partial charge in [0.1, 0.15) is 0 Å². The fourth-order valence-corrected chi connectivity index (χ4v) is 1.86. The summed E-state index contributed by atoms with van der Waals surface area (Å²) in [7, 11) is 0. The topological polar surface area (TPSA) is 61.0 Å². The van der Waals surface area contributed by atoms with Gasteiger partial charge in [-0.05, 0) is 5.92 Å². The van der Waals surface area contributed by atoms with Crippen molar-refractivity contribution in [2.45, 2.75) is 40.0 Å². The van der Waals surface area contributed by atoms with Crippen molar-refractivity contribution in [1.29, 1.82) is 0 Å². The highest BCUT2D eigenvalue weighted by Crippen LogP contribution is 2.31. The predicted molar refractivity (Wildman–Crippen MR) is 48.5 cm³/mol. The Kier molecular flexibility index (Phi) is 2.52. The molecule has 4 nitrogen and oxygen atoms in total. The minimum atomic E-state index is -1.02. The molecule has 2 unspecified atom stereocenters. The monoisotopic (exact) mass is 185 g/mol. The molecule has 1 heterocycles. The van der Waals surface area contributed by atoms with E-state index in [-0.39, 0.29) is 18.0 Å². The van der Waals surface area contributed by atoms with Gasteiger partial charge >= 0.3 is 6.03 Å². The molecule has 0 spiro atoms. The van der Waals surface area contributed by atoms with Crippen LogP contribution in [0.5, 0.6) is 0 Å². The van der Waals surface area contributed by atoms with Crippen molar-refractivity contribution in [1.82, 2.24) is 10.6 Å². The van der Waals surface area contributed by atoms with Crippen molar-refractivity contribution in [3.63, 3.8) is 0 Å². The molecule has 1 aliphatic heterocycles. The second kappa shape index (κ2) is 3.18. The summed E-state index contributed by atoms with van der Waals surface area (Å²) in [5.41, 5.74) is -0.442. The lowest BCUT2D eigenvalue weighted by Gasteiger charge is -2.43. The number of nitrogens with one attached hydrogen (secondary N) is 2. The molecule has 2 N–H and O–H groups in total. The lowest BCUT2D eigenvalue weighted by Crippen LogP contribution is -2.65. The molecule has 0 aromatic carbocycles. The van der Waals surface area contributed by atoms with Gasteiger partial charge in [-0.15, -0.1) is 0 Å². The molecule has 0 bridgehead atoms. The molecule has 0 aromatic rings. The summed E-state index contributed by atoms with van der Waals surface area (Å²) in [4.78, 5) is 11.1. The number of carbonyl (C=O) groups excluding carboxylic acids is 1. The summed E-state index contributed by atoms with van der Waals surface area (Å²) < 4.78 is 0. The summed E-state index contributed by atoms with van der Waals surface area (Å²) in [6, 6.07) is -0.401. The van der Waals surface area contributed by atoms with E-state index in [1.165, 1.54) is 0 Å². The molecule has 2 amide bonds. The Morgan fingerprint density at radius 3 is 2.31 bits per heavy atom. The molecule has 0 saturated carbocycles. The zero-order chi connectivity index (χ0) is 10.2. The van der Waals surface area contributed by atoms with Crippen molar-refractivity contribution < 1.29 is 9.90 Å². The highest BCUT2D eigenvalue weighted by atomic mass is 16.3. The Bertz CT molecular complexity index is 214. The van der Waals surface area contributed by atoms with Gasteiger partial charge in [-0.25, -0.2) is 9.90 Å². The normalized spacial score (nSPS) is 32.6. The third-order valence-corrected chi connectivity index (χ3v) is 2.69. The van der Waals surface area contributed by atoms with Gasteiger partial charge in [-0.3, -0.25) is 0 Å². The van der Waals surface area contributed by atoms with E-state index >= 15 is 0 Å². The van der Waals surface area contributed by atoms with E-state index in [9.17, 15) is 9.90 Å². The van der Waals surface area contributed by atoms with Crippen LogP contribution in [0.15, 0.2) is 0 Å². The molecule has 75 valence electrons. The molecular weight excluding hydrogens is 168 g/mol. The molecule has 13 heavy (non-hydrogen) atoms. The van der Waals surface area contributed by atoms with Crippen LogP contribution in [-0.2, 0) is 5.11 Å². The van der Waals surface area contributed by atoms with Crippen LogP contribution in [0.25, 0.3) is 0 Å². The van der Waals surface area contributed by atoms with Gasteiger partial charge in [-0.1, -0.05) is 27.7 Å². The Balaban J connectivity index is 2.85. The van der Waals surface area contributed by atoms with Gasteiger partial charge in [0.15, 0.2) is 6.23 Å². The third kappa shape index (κ3) is 1.77. The van der Waals surface area contributed by atoms with Crippen LogP contribution in [0.2, 0.25) is 0 Å². The van der Waals surface area contributed by atoms with Crippen LogP contribution in [0.3, 0.4) is 0 Å². The van der Waals surface area contributed by atoms with E-state index in [0.717, 1.165) is 0 Å². The predicted octanol–water partition coefficient (Wildman–Crippen LogP) is 1.11. The van der Waals surface area contributed by atoms with E-state index in [1.54, 1.807) is 0 Å². The molecule has 1 fully saturated rings. The summed E-state index contributed by atoms with van der Waals surface area (Å²) >= 11 is 0. The smallest absolute Gasteiger partial charge is 0.317 e. The molecule has 1 saturated heterocycles. The highest BCUT2D eigenvalue weighted by molar-refractivity contribution is 5.75. The number of urea groups is 1. The Labute approximate surface area is 78.7 Å². The first-order valence-electron chi connectivity index (χ1n) is 4.58. The average molecular weight is 185 g/mol. The van der Waals surface area contributed by atoms with Gasteiger partial charge < -0.3 is 10.6 Å². The van der Waals surface area contributed by atoms with Crippen molar-refractivity contribution in [2.75, 3.05) is 0 Å². The lowest BCUT2D eigenvalue weighted by atomic mass is 9.76. The zero-order valence-corrected chi connectivity index (χ0v) is 8.55. The molecule has 2 atom stereocenters. The minimum absolute atomic E-state index is 0.0521. The summed E-state index contributed by atoms with van der Waals surface area (Å²) in [5, 5.41) is 16.7. The summed E-state index contributed by atoms with van der Waals surface area (Å²) in [5.74, 6) is 0.275. The van der Waals surface area contributed by atoms with Crippen molar-refractivity contribution in [2.24, 2.45) is 11.3 Å². The van der Waals surface area contributed by atoms with Gasteiger partial charge in [0, 0.05) is 11.5 Å².